The molecule has 0 saturated heterocycles. The average Bonchev–Trinajstić information content (AvgIpc) is 3.15. The molecule has 1 aromatic rings. The second kappa shape index (κ2) is 24.4. The summed E-state index contributed by atoms with van der Waals surface area (Å²) in [7, 11) is 0. The second-order valence-corrected chi connectivity index (χ2v) is 18.2. The highest BCUT2D eigenvalue weighted by atomic mass is 16.6. The molecule has 0 spiro atoms. The molecule has 1 aliphatic rings. The van der Waals surface area contributed by atoms with Gasteiger partial charge in [-0.25, -0.2) is 19.4 Å². The molecule has 1 aromatic heterocycles. The van der Waals surface area contributed by atoms with E-state index in [4.69, 9.17) is 19.9 Å². The Labute approximate surface area is 354 Å². The van der Waals surface area contributed by atoms with Gasteiger partial charge in [0.25, 0.3) is 5.91 Å². The summed E-state index contributed by atoms with van der Waals surface area (Å²) in [6.07, 6.45) is 8.58. The molecule has 18 heteroatoms. The number of nitrogens with zero attached hydrogens (tertiary/aromatic N) is 2. The predicted octanol–water partition coefficient (Wildman–Crippen LogP) is 3.36. The Morgan fingerprint density at radius 3 is 1.77 bits per heavy atom. The van der Waals surface area contributed by atoms with E-state index in [1.54, 1.807) is 62.3 Å². The number of esters is 3. The summed E-state index contributed by atoms with van der Waals surface area (Å²) in [4.78, 5) is 99.1. The molecular weight excluding hydrogens is 777 g/mol. The normalized spacial score (nSPS) is 17.2. The Morgan fingerprint density at radius 2 is 1.23 bits per heavy atom. The maximum absolute atomic E-state index is 13.5. The molecule has 1 saturated carbocycles. The van der Waals surface area contributed by atoms with Gasteiger partial charge in [-0.3, -0.25) is 24.2 Å². The van der Waals surface area contributed by atoms with Gasteiger partial charge in [-0.1, -0.05) is 0 Å². The highest BCUT2D eigenvalue weighted by Gasteiger charge is 2.32. The van der Waals surface area contributed by atoms with Crippen LogP contribution < -0.4 is 32.3 Å². The summed E-state index contributed by atoms with van der Waals surface area (Å²) in [5, 5.41) is 13.7. The molecular formula is C42H70N8O10. The first-order valence-electron chi connectivity index (χ1n) is 21.0. The third kappa shape index (κ3) is 21.4. The Morgan fingerprint density at radius 1 is 0.683 bits per heavy atom. The zero-order chi connectivity index (χ0) is 45.1. The summed E-state index contributed by atoms with van der Waals surface area (Å²) in [6.45, 7) is 16.3. The third-order valence-electron chi connectivity index (χ3n) is 9.20. The van der Waals surface area contributed by atoms with Gasteiger partial charge in [0, 0.05) is 37.8 Å². The van der Waals surface area contributed by atoms with Gasteiger partial charge in [0.2, 0.25) is 11.8 Å². The number of amides is 5. The van der Waals surface area contributed by atoms with Gasteiger partial charge < -0.3 is 46.5 Å². The number of aromatic nitrogens is 2. The minimum Gasteiger partial charge on any atom is -0.460 e. The highest BCUT2D eigenvalue weighted by Crippen LogP contribution is 2.28. The molecule has 7 N–H and O–H groups in total. The van der Waals surface area contributed by atoms with Crippen molar-refractivity contribution in [1.29, 1.82) is 0 Å². The van der Waals surface area contributed by atoms with Gasteiger partial charge in [-0.2, -0.15) is 0 Å². The van der Waals surface area contributed by atoms with Crippen LogP contribution in [0.15, 0.2) is 18.6 Å². The van der Waals surface area contributed by atoms with Crippen LogP contribution in [0.1, 0.15) is 143 Å². The number of hydrogen-bond donors (Lipinski definition) is 6. The maximum atomic E-state index is 13.5. The van der Waals surface area contributed by atoms with Crippen LogP contribution in [0.2, 0.25) is 0 Å². The van der Waals surface area contributed by atoms with Crippen molar-refractivity contribution in [2.24, 2.45) is 17.6 Å². The van der Waals surface area contributed by atoms with Gasteiger partial charge in [0.15, 0.2) is 0 Å². The number of urea groups is 1. The van der Waals surface area contributed by atoms with Crippen molar-refractivity contribution in [1.82, 2.24) is 36.6 Å². The van der Waals surface area contributed by atoms with Crippen molar-refractivity contribution in [3.63, 3.8) is 0 Å². The van der Waals surface area contributed by atoms with E-state index in [-0.39, 0.29) is 62.2 Å². The standard InChI is InChI=1S/C42H70N8O10/c1-40(2,3)58-33(51)20-19-31(38(56)60-42(7,8)9)50-39(57)49-30(37(55)59-41(4,5)6)13-10-11-21-46-35(53)29(48-34(52)28-17-15-27(25-43)16-18-28)14-12-22-47-36(54)32-26-44-23-24-45-32/h23-24,26-31H,10-22,25,43H2,1-9H3,(H,46,53)(H,47,54)(H,48,52)(H2,49,50,57)/t27?,28?,29-,30-,31-/m0/s1. The van der Waals surface area contributed by atoms with E-state index in [1.165, 1.54) is 18.6 Å². The van der Waals surface area contributed by atoms with Gasteiger partial charge >= 0.3 is 23.9 Å². The molecule has 0 radical (unpaired) electrons. The number of carbonyl (C=O) groups is 7. The molecule has 1 fully saturated rings. The van der Waals surface area contributed by atoms with E-state index in [1.807, 2.05) is 0 Å². The fraction of sp³-hybridized carbons (Fsp3) is 0.738. The molecule has 0 aliphatic heterocycles. The highest BCUT2D eigenvalue weighted by molar-refractivity contribution is 5.92. The van der Waals surface area contributed by atoms with Crippen LogP contribution in [0.5, 0.6) is 0 Å². The molecule has 0 bridgehead atoms. The fourth-order valence-corrected chi connectivity index (χ4v) is 6.30. The van der Waals surface area contributed by atoms with Crippen LogP contribution in [0.4, 0.5) is 4.79 Å². The van der Waals surface area contributed by atoms with E-state index in [0.717, 1.165) is 12.8 Å². The first kappa shape index (κ1) is 51.3. The maximum Gasteiger partial charge on any atom is 0.329 e. The lowest BCUT2D eigenvalue weighted by Gasteiger charge is -2.28. The summed E-state index contributed by atoms with van der Waals surface area (Å²) < 4.78 is 16.4. The molecule has 60 heavy (non-hydrogen) atoms. The molecule has 2 rings (SSSR count). The van der Waals surface area contributed by atoms with Crippen LogP contribution in [0.3, 0.4) is 0 Å². The van der Waals surface area contributed by atoms with Gasteiger partial charge in [-0.15, -0.1) is 0 Å². The average molecular weight is 847 g/mol. The lowest BCUT2D eigenvalue weighted by molar-refractivity contribution is -0.159. The van der Waals surface area contributed by atoms with Crippen LogP contribution >= 0.6 is 0 Å². The Bertz CT molecular complexity index is 1560. The quantitative estimate of drug-likeness (QED) is 0.0590. The summed E-state index contributed by atoms with van der Waals surface area (Å²) in [5.41, 5.74) is 3.51. The van der Waals surface area contributed by atoms with Crippen molar-refractivity contribution in [2.75, 3.05) is 19.6 Å². The van der Waals surface area contributed by atoms with Crippen molar-refractivity contribution < 1.29 is 47.8 Å². The van der Waals surface area contributed by atoms with Gasteiger partial charge in [-0.05, 0) is 139 Å². The fourth-order valence-electron chi connectivity index (χ4n) is 6.30. The number of carbonyl (C=O) groups excluding carboxylic acids is 7. The number of hydrogen-bond acceptors (Lipinski definition) is 13. The monoisotopic (exact) mass is 847 g/mol. The zero-order valence-electron chi connectivity index (χ0n) is 37.1. The molecule has 18 nitrogen and oxygen atoms in total. The Hall–Kier alpha value is -4.87. The number of nitrogens with two attached hydrogens (primary N) is 1. The number of rotatable bonds is 21. The molecule has 1 heterocycles. The Kier molecular flexibility index (Phi) is 20.9. The number of unbranched alkanes of at least 4 members (excludes halogenated alkanes) is 1. The van der Waals surface area contributed by atoms with Gasteiger partial charge in [0.1, 0.15) is 40.6 Å². The van der Waals surface area contributed by atoms with E-state index < -0.39 is 64.8 Å². The lowest BCUT2D eigenvalue weighted by Crippen LogP contribution is -2.53. The first-order valence-corrected chi connectivity index (χ1v) is 21.0. The number of nitrogens with one attached hydrogen (secondary N) is 5. The third-order valence-corrected chi connectivity index (χ3v) is 9.20. The van der Waals surface area contributed by atoms with E-state index >= 15 is 0 Å². The van der Waals surface area contributed by atoms with Crippen LogP contribution in [-0.2, 0) is 38.2 Å². The van der Waals surface area contributed by atoms with Crippen molar-refractivity contribution in [2.45, 2.75) is 168 Å². The Balaban J connectivity index is 2.05. The molecule has 1 aliphatic carbocycles. The second-order valence-electron chi connectivity index (χ2n) is 18.2. The van der Waals surface area contributed by atoms with Crippen LogP contribution in [-0.4, -0.2) is 106 Å². The molecule has 5 amide bonds. The molecule has 0 aromatic carbocycles. The summed E-state index contributed by atoms with van der Waals surface area (Å²) >= 11 is 0. The summed E-state index contributed by atoms with van der Waals surface area (Å²) in [5.74, 6) is -2.84. The number of ether oxygens (including phenoxy) is 3. The molecule has 3 atom stereocenters. The SMILES string of the molecule is CC(C)(C)OC(=O)CC[C@H](NC(=O)N[C@@H](CCCCNC(=O)[C@H](CCCNC(=O)c1cnccn1)NC(=O)C1CCC(CN)CC1)C(=O)OC(C)(C)C)C(=O)OC(C)(C)C. The molecule has 338 valence electrons. The van der Waals surface area contributed by atoms with Crippen LogP contribution in [0.25, 0.3) is 0 Å². The van der Waals surface area contributed by atoms with Crippen LogP contribution in [0, 0.1) is 11.8 Å². The minimum absolute atomic E-state index is 0.109. The minimum atomic E-state index is -1.23. The topological polar surface area (TPSA) is 259 Å². The largest absolute Gasteiger partial charge is 0.460 e. The first-order chi connectivity index (χ1) is 28.0. The van der Waals surface area contributed by atoms with Crippen molar-refractivity contribution >= 4 is 41.7 Å². The van der Waals surface area contributed by atoms with E-state index in [9.17, 15) is 33.6 Å². The van der Waals surface area contributed by atoms with Crippen molar-refractivity contribution in [3.8, 4) is 0 Å². The van der Waals surface area contributed by atoms with E-state index in [2.05, 4.69) is 36.6 Å². The zero-order valence-corrected chi connectivity index (χ0v) is 37.1. The van der Waals surface area contributed by atoms with Gasteiger partial charge in [0.05, 0.1) is 6.20 Å². The smallest absolute Gasteiger partial charge is 0.329 e. The lowest BCUT2D eigenvalue weighted by atomic mass is 9.81. The summed E-state index contributed by atoms with van der Waals surface area (Å²) in [6, 6.07) is -4.05. The molecule has 0 unspecified atom stereocenters. The van der Waals surface area contributed by atoms with Crippen molar-refractivity contribution in [3.05, 3.63) is 24.3 Å². The van der Waals surface area contributed by atoms with E-state index in [0.29, 0.717) is 44.6 Å². The predicted molar refractivity (Wildman–Crippen MR) is 223 cm³/mol.